The Morgan fingerprint density at radius 2 is 2.00 bits per heavy atom. The minimum absolute atomic E-state index is 0.00829. The van der Waals surface area contributed by atoms with Gasteiger partial charge in [-0.05, 0) is 24.9 Å². The topological polar surface area (TPSA) is 32.3 Å². The van der Waals surface area contributed by atoms with Crippen LogP contribution in [0.1, 0.15) is 24.8 Å². The molecule has 0 aromatic heterocycles. The molecular formula is C12H15NO. The minimum atomic E-state index is -0.592. The zero-order valence-electron chi connectivity index (χ0n) is 8.16. The minimum Gasteiger partial charge on any atom is -0.383 e. The quantitative estimate of drug-likeness (QED) is 0.700. The van der Waals surface area contributed by atoms with Crippen LogP contribution in [0.4, 0.5) is 0 Å². The summed E-state index contributed by atoms with van der Waals surface area (Å²) in [6.45, 7) is 1.05. The van der Waals surface area contributed by atoms with E-state index in [9.17, 15) is 5.11 Å². The molecule has 2 nitrogen and oxygen atoms in total. The highest BCUT2D eigenvalue weighted by molar-refractivity contribution is 5.38. The summed E-state index contributed by atoms with van der Waals surface area (Å²) < 4.78 is 0. The van der Waals surface area contributed by atoms with Crippen molar-refractivity contribution in [3.8, 4) is 0 Å². The van der Waals surface area contributed by atoms with Crippen LogP contribution in [0.15, 0.2) is 30.3 Å². The molecule has 1 aromatic carbocycles. The highest BCUT2D eigenvalue weighted by atomic mass is 16.3. The standard InChI is InChI=1S/C12H15NO/c14-12(10-5-2-1-3-6-10)9-11(12)7-4-8-13-11/h1-3,5-6,13-14H,4,7-9H2. The van der Waals surface area contributed by atoms with Crippen LogP contribution >= 0.6 is 0 Å². The first-order valence-corrected chi connectivity index (χ1v) is 5.30. The predicted octanol–water partition coefficient (Wildman–Crippen LogP) is 1.40. The number of nitrogens with one attached hydrogen (secondary N) is 1. The van der Waals surface area contributed by atoms with Crippen LogP contribution in [-0.2, 0) is 5.60 Å². The Kier molecular flexibility index (Phi) is 1.56. The average Bonchev–Trinajstić information content (AvgIpc) is 2.62. The van der Waals surface area contributed by atoms with Gasteiger partial charge in [0.25, 0.3) is 0 Å². The van der Waals surface area contributed by atoms with E-state index in [1.54, 1.807) is 0 Å². The Morgan fingerprint density at radius 3 is 2.64 bits per heavy atom. The molecule has 0 bridgehead atoms. The lowest BCUT2D eigenvalue weighted by atomic mass is 10.0. The Bertz CT molecular complexity index is 343. The molecule has 1 heterocycles. The molecule has 1 spiro atoms. The zero-order chi connectivity index (χ0) is 9.65. The summed E-state index contributed by atoms with van der Waals surface area (Å²) in [7, 11) is 0. The van der Waals surface area contributed by atoms with Crippen LogP contribution in [0.5, 0.6) is 0 Å². The largest absolute Gasteiger partial charge is 0.383 e. The molecule has 2 fully saturated rings. The second kappa shape index (κ2) is 2.59. The molecule has 2 aliphatic rings. The molecule has 0 radical (unpaired) electrons. The number of hydrogen-bond acceptors (Lipinski definition) is 2. The van der Waals surface area contributed by atoms with Gasteiger partial charge in [0.15, 0.2) is 0 Å². The molecule has 14 heavy (non-hydrogen) atoms. The summed E-state index contributed by atoms with van der Waals surface area (Å²) in [5.74, 6) is 0. The summed E-state index contributed by atoms with van der Waals surface area (Å²) in [5, 5.41) is 13.9. The van der Waals surface area contributed by atoms with Crippen molar-refractivity contribution in [2.45, 2.75) is 30.4 Å². The van der Waals surface area contributed by atoms with Gasteiger partial charge in [0, 0.05) is 6.42 Å². The van der Waals surface area contributed by atoms with Crippen LogP contribution < -0.4 is 5.32 Å². The van der Waals surface area contributed by atoms with E-state index < -0.39 is 5.60 Å². The van der Waals surface area contributed by atoms with Gasteiger partial charge < -0.3 is 10.4 Å². The molecule has 1 aliphatic heterocycles. The number of aliphatic hydroxyl groups is 1. The maximum Gasteiger partial charge on any atom is 0.110 e. The SMILES string of the molecule is OC1(c2ccccc2)CC12CCCN2. The molecule has 3 rings (SSSR count). The molecule has 1 aromatic rings. The van der Waals surface area contributed by atoms with Crippen molar-refractivity contribution in [1.29, 1.82) is 0 Å². The van der Waals surface area contributed by atoms with Crippen LogP contribution in [0.25, 0.3) is 0 Å². The molecular weight excluding hydrogens is 174 g/mol. The highest BCUT2D eigenvalue weighted by Gasteiger charge is 2.68. The fraction of sp³-hybridized carbons (Fsp3) is 0.500. The third-order valence-electron chi connectivity index (χ3n) is 3.72. The molecule has 1 saturated carbocycles. The third-order valence-corrected chi connectivity index (χ3v) is 3.72. The van der Waals surface area contributed by atoms with Gasteiger partial charge in [0.1, 0.15) is 5.60 Å². The Hall–Kier alpha value is -0.860. The second-order valence-electron chi connectivity index (χ2n) is 4.52. The first-order valence-electron chi connectivity index (χ1n) is 5.30. The van der Waals surface area contributed by atoms with Crippen molar-refractivity contribution in [3.05, 3.63) is 35.9 Å². The summed E-state index contributed by atoms with van der Waals surface area (Å²) >= 11 is 0. The second-order valence-corrected chi connectivity index (χ2v) is 4.52. The number of benzene rings is 1. The molecule has 2 unspecified atom stereocenters. The van der Waals surface area contributed by atoms with E-state index in [0.717, 1.165) is 24.9 Å². The van der Waals surface area contributed by atoms with Gasteiger partial charge in [-0.3, -0.25) is 0 Å². The summed E-state index contributed by atoms with van der Waals surface area (Å²) in [5.41, 5.74) is 0.480. The van der Waals surface area contributed by atoms with E-state index in [1.807, 2.05) is 30.3 Å². The molecule has 0 amide bonds. The lowest BCUT2D eigenvalue weighted by Crippen LogP contribution is -2.33. The average molecular weight is 189 g/mol. The lowest BCUT2D eigenvalue weighted by Gasteiger charge is -2.17. The van der Waals surface area contributed by atoms with Crippen LogP contribution in [0, 0.1) is 0 Å². The molecule has 74 valence electrons. The van der Waals surface area contributed by atoms with Gasteiger partial charge >= 0.3 is 0 Å². The van der Waals surface area contributed by atoms with E-state index in [2.05, 4.69) is 5.32 Å². The summed E-state index contributed by atoms with van der Waals surface area (Å²) in [4.78, 5) is 0. The van der Waals surface area contributed by atoms with Crippen molar-refractivity contribution in [3.63, 3.8) is 0 Å². The molecule has 2 N–H and O–H groups in total. The number of hydrogen-bond donors (Lipinski definition) is 2. The van der Waals surface area contributed by atoms with Gasteiger partial charge in [0.2, 0.25) is 0 Å². The van der Waals surface area contributed by atoms with Gasteiger partial charge in [-0.15, -0.1) is 0 Å². The van der Waals surface area contributed by atoms with E-state index in [1.165, 1.54) is 6.42 Å². The molecule has 2 atom stereocenters. The van der Waals surface area contributed by atoms with E-state index in [-0.39, 0.29) is 5.54 Å². The van der Waals surface area contributed by atoms with Gasteiger partial charge in [-0.2, -0.15) is 0 Å². The Balaban J connectivity index is 1.94. The number of rotatable bonds is 1. The summed E-state index contributed by atoms with van der Waals surface area (Å²) in [6.07, 6.45) is 3.18. The van der Waals surface area contributed by atoms with Crippen molar-refractivity contribution in [1.82, 2.24) is 5.32 Å². The van der Waals surface area contributed by atoms with Crippen molar-refractivity contribution in [2.24, 2.45) is 0 Å². The first kappa shape index (κ1) is 8.45. The van der Waals surface area contributed by atoms with E-state index >= 15 is 0 Å². The first-order chi connectivity index (χ1) is 6.77. The van der Waals surface area contributed by atoms with Crippen molar-refractivity contribution < 1.29 is 5.11 Å². The fourth-order valence-corrected chi connectivity index (χ4v) is 2.79. The molecule has 1 aliphatic carbocycles. The predicted molar refractivity (Wildman–Crippen MR) is 54.9 cm³/mol. The Morgan fingerprint density at radius 1 is 1.21 bits per heavy atom. The molecule has 2 heteroatoms. The van der Waals surface area contributed by atoms with Gasteiger partial charge in [-0.1, -0.05) is 30.3 Å². The fourth-order valence-electron chi connectivity index (χ4n) is 2.79. The maximum atomic E-state index is 10.5. The lowest BCUT2D eigenvalue weighted by molar-refractivity contribution is 0.116. The van der Waals surface area contributed by atoms with Crippen LogP contribution in [0.3, 0.4) is 0 Å². The van der Waals surface area contributed by atoms with Crippen LogP contribution in [0.2, 0.25) is 0 Å². The van der Waals surface area contributed by atoms with E-state index in [0.29, 0.717) is 0 Å². The molecule has 1 saturated heterocycles. The highest BCUT2D eigenvalue weighted by Crippen LogP contribution is 2.59. The normalized spacial score (nSPS) is 40.4. The zero-order valence-corrected chi connectivity index (χ0v) is 8.16. The van der Waals surface area contributed by atoms with Gasteiger partial charge in [-0.25, -0.2) is 0 Å². The van der Waals surface area contributed by atoms with Crippen molar-refractivity contribution in [2.75, 3.05) is 6.54 Å². The Labute approximate surface area is 84.0 Å². The van der Waals surface area contributed by atoms with Crippen LogP contribution in [-0.4, -0.2) is 17.2 Å². The van der Waals surface area contributed by atoms with Crippen molar-refractivity contribution >= 4 is 0 Å². The summed E-state index contributed by atoms with van der Waals surface area (Å²) in [6, 6.07) is 10.0. The van der Waals surface area contributed by atoms with Gasteiger partial charge in [0.05, 0.1) is 5.54 Å². The monoisotopic (exact) mass is 189 g/mol. The maximum absolute atomic E-state index is 10.5. The van der Waals surface area contributed by atoms with E-state index in [4.69, 9.17) is 0 Å². The third kappa shape index (κ3) is 0.928. The smallest absolute Gasteiger partial charge is 0.110 e.